The molecular formula is C10H20O3S. The van der Waals surface area contributed by atoms with Crippen molar-refractivity contribution < 1.29 is 13.0 Å². The Morgan fingerprint density at radius 3 is 2.07 bits per heavy atom. The topological polar surface area (TPSA) is 54.4 Å². The molecule has 4 heteroatoms. The van der Waals surface area contributed by atoms with E-state index in [1.807, 2.05) is 13.8 Å². The summed E-state index contributed by atoms with van der Waals surface area (Å²) in [5.74, 6) is 0.384. The average molecular weight is 220 g/mol. The lowest BCUT2D eigenvalue weighted by atomic mass is 9.74. The summed E-state index contributed by atoms with van der Waals surface area (Å²) in [6, 6.07) is 0. The van der Waals surface area contributed by atoms with E-state index in [1.54, 1.807) is 6.92 Å². The van der Waals surface area contributed by atoms with E-state index in [2.05, 4.69) is 6.92 Å². The Kier molecular flexibility index (Phi) is 2.74. The minimum absolute atomic E-state index is 0.338. The number of hydrogen-bond donors (Lipinski definition) is 1. The van der Waals surface area contributed by atoms with Crippen molar-refractivity contribution in [2.45, 2.75) is 51.7 Å². The second-order valence-electron chi connectivity index (χ2n) is 5.07. The highest BCUT2D eigenvalue weighted by molar-refractivity contribution is 7.87. The molecule has 0 heterocycles. The van der Waals surface area contributed by atoms with Gasteiger partial charge in [0.15, 0.2) is 0 Å². The summed E-state index contributed by atoms with van der Waals surface area (Å²) in [6.07, 6.45) is 2.43. The van der Waals surface area contributed by atoms with Crippen molar-refractivity contribution in [2.24, 2.45) is 11.3 Å². The summed E-state index contributed by atoms with van der Waals surface area (Å²) in [5.41, 5.74) is -0.338. The van der Waals surface area contributed by atoms with Gasteiger partial charge < -0.3 is 0 Å². The molecule has 3 nitrogen and oxygen atoms in total. The van der Waals surface area contributed by atoms with Crippen LogP contribution in [0.3, 0.4) is 0 Å². The van der Waals surface area contributed by atoms with Gasteiger partial charge >= 0.3 is 0 Å². The molecule has 2 atom stereocenters. The van der Waals surface area contributed by atoms with Gasteiger partial charge in [-0.15, -0.1) is 0 Å². The van der Waals surface area contributed by atoms with Gasteiger partial charge in [-0.3, -0.25) is 4.55 Å². The SMILES string of the molecule is CCC1CC[C@](C)(S(=O)(=O)O)C1(C)C. The molecule has 1 rings (SSSR count). The molecule has 1 aliphatic carbocycles. The fourth-order valence-corrected chi connectivity index (χ4v) is 3.95. The van der Waals surface area contributed by atoms with E-state index in [9.17, 15) is 13.0 Å². The van der Waals surface area contributed by atoms with Crippen LogP contribution in [0.1, 0.15) is 47.0 Å². The van der Waals surface area contributed by atoms with Crippen LogP contribution in [-0.2, 0) is 10.1 Å². The van der Waals surface area contributed by atoms with E-state index >= 15 is 0 Å². The Labute approximate surface area is 86.6 Å². The van der Waals surface area contributed by atoms with Crippen LogP contribution in [0.5, 0.6) is 0 Å². The van der Waals surface area contributed by atoms with Crippen molar-refractivity contribution in [3.8, 4) is 0 Å². The van der Waals surface area contributed by atoms with Gasteiger partial charge in [-0.25, -0.2) is 0 Å². The smallest absolute Gasteiger partial charge is 0.270 e. The highest BCUT2D eigenvalue weighted by atomic mass is 32.2. The molecule has 0 saturated heterocycles. The first-order chi connectivity index (χ1) is 6.17. The molecular weight excluding hydrogens is 200 g/mol. The molecule has 84 valence electrons. The maximum Gasteiger partial charge on any atom is 0.270 e. The quantitative estimate of drug-likeness (QED) is 0.727. The predicted octanol–water partition coefficient (Wildman–Crippen LogP) is 2.48. The first-order valence-electron chi connectivity index (χ1n) is 5.14. The van der Waals surface area contributed by atoms with E-state index in [1.165, 1.54) is 0 Å². The van der Waals surface area contributed by atoms with E-state index in [0.29, 0.717) is 12.3 Å². The standard InChI is InChI=1S/C10H20O3S/c1-5-8-6-7-10(4,9(8,2)3)14(11,12)13/h8H,5-7H2,1-4H3,(H,11,12,13)/t8?,10-/m0/s1. The number of rotatable bonds is 2. The molecule has 1 fully saturated rings. The molecule has 0 bridgehead atoms. The van der Waals surface area contributed by atoms with Crippen molar-refractivity contribution in [3.05, 3.63) is 0 Å². The summed E-state index contributed by atoms with van der Waals surface area (Å²) < 4.78 is 31.1. The Balaban J connectivity index is 3.17. The molecule has 1 aliphatic rings. The zero-order valence-electron chi connectivity index (χ0n) is 9.37. The van der Waals surface area contributed by atoms with Gasteiger partial charge in [0.25, 0.3) is 10.1 Å². The monoisotopic (exact) mass is 220 g/mol. The largest absolute Gasteiger partial charge is 0.285 e. The lowest BCUT2D eigenvalue weighted by Crippen LogP contribution is -2.46. The minimum atomic E-state index is -3.95. The molecule has 0 aliphatic heterocycles. The molecule has 0 aromatic heterocycles. The molecule has 0 spiro atoms. The third kappa shape index (κ3) is 1.39. The Hall–Kier alpha value is -0.0900. The van der Waals surface area contributed by atoms with E-state index in [4.69, 9.17) is 0 Å². The lowest BCUT2D eigenvalue weighted by Gasteiger charge is -2.38. The fraction of sp³-hybridized carbons (Fsp3) is 1.00. The predicted molar refractivity (Wildman–Crippen MR) is 56.7 cm³/mol. The second kappa shape index (κ2) is 3.20. The fourth-order valence-electron chi connectivity index (χ4n) is 2.74. The second-order valence-corrected chi connectivity index (χ2v) is 6.92. The van der Waals surface area contributed by atoms with Gasteiger partial charge in [0.1, 0.15) is 0 Å². The van der Waals surface area contributed by atoms with E-state index in [0.717, 1.165) is 12.8 Å². The average Bonchev–Trinajstić information content (AvgIpc) is 2.23. The summed E-state index contributed by atoms with van der Waals surface area (Å²) >= 11 is 0. The normalized spacial score (nSPS) is 37.4. The van der Waals surface area contributed by atoms with Crippen molar-refractivity contribution >= 4 is 10.1 Å². The zero-order chi connectivity index (χ0) is 11.2. The van der Waals surface area contributed by atoms with Crippen molar-refractivity contribution in [3.63, 3.8) is 0 Å². The van der Waals surface area contributed by atoms with Crippen LogP contribution in [0.2, 0.25) is 0 Å². The molecule has 14 heavy (non-hydrogen) atoms. The highest BCUT2D eigenvalue weighted by Crippen LogP contribution is 2.54. The zero-order valence-corrected chi connectivity index (χ0v) is 10.2. The van der Waals surface area contributed by atoms with Crippen molar-refractivity contribution in [2.75, 3.05) is 0 Å². The van der Waals surface area contributed by atoms with Gasteiger partial charge in [0.05, 0.1) is 4.75 Å². The van der Waals surface area contributed by atoms with Gasteiger partial charge in [-0.05, 0) is 31.1 Å². The lowest BCUT2D eigenvalue weighted by molar-refractivity contribution is 0.199. The summed E-state index contributed by atoms with van der Waals surface area (Å²) in [5, 5.41) is 0. The van der Waals surface area contributed by atoms with Crippen LogP contribution in [-0.4, -0.2) is 17.7 Å². The molecule has 0 radical (unpaired) electrons. The molecule has 0 amide bonds. The van der Waals surface area contributed by atoms with Crippen LogP contribution >= 0.6 is 0 Å². The molecule has 1 saturated carbocycles. The van der Waals surface area contributed by atoms with Crippen LogP contribution < -0.4 is 0 Å². The van der Waals surface area contributed by atoms with Gasteiger partial charge in [0.2, 0.25) is 0 Å². The third-order valence-electron chi connectivity index (χ3n) is 4.42. The highest BCUT2D eigenvalue weighted by Gasteiger charge is 2.57. The molecule has 1 unspecified atom stereocenters. The third-order valence-corrected chi connectivity index (χ3v) is 6.28. The van der Waals surface area contributed by atoms with Crippen LogP contribution in [0.25, 0.3) is 0 Å². The van der Waals surface area contributed by atoms with E-state index < -0.39 is 14.9 Å². The maximum atomic E-state index is 11.4. The summed E-state index contributed by atoms with van der Waals surface area (Å²) in [6.45, 7) is 7.63. The van der Waals surface area contributed by atoms with Gasteiger partial charge in [0, 0.05) is 0 Å². The maximum absolute atomic E-state index is 11.4. The summed E-state index contributed by atoms with van der Waals surface area (Å²) in [4.78, 5) is 0. The molecule has 1 N–H and O–H groups in total. The minimum Gasteiger partial charge on any atom is -0.285 e. The van der Waals surface area contributed by atoms with E-state index in [-0.39, 0.29) is 5.41 Å². The Morgan fingerprint density at radius 2 is 1.86 bits per heavy atom. The van der Waals surface area contributed by atoms with Crippen LogP contribution in [0.4, 0.5) is 0 Å². The Morgan fingerprint density at radius 1 is 1.36 bits per heavy atom. The van der Waals surface area contributed by atoms with Crippen molar-refractivity contribution in [1.82, 2.24) is 0 Å². The van der Waals surface area contributed by atoms with Crippen LogP contribution in [0, 0.1) is 11.3 Å². The van der Waals surface area contributed by atoms with Gasteiger partial charge in [-0.2, -0.15) is 8.42 Å². The molecule has 0 aromatic carbocycles. The van der Waals surface area contributed by atoms with Gasteiger partial charge in [-0.1, -0.05) is 27.2 Å². The number of hydrogen-bond acceptors (Lipinski definition) is 2. The summed E-state index contributed by atoms with van der Waals surface area (Å²) in [7, 11) is -3.95. The van der Waals surface area contributed by atoms with Crippen LogP contribution in [0.15, 0.2) is 0 Å². The molecule has 0 aromatic rings. The first kappa shape index (κ1) is 12.0. The first-order valence-corrected chi connectivity index (χ1v) is 6.58. The van der Waals surface area contributed by atoms with Crippen molar-refractivity contribution in [1.29, 1.82) is 0 Å². The Bertz CT molecular complexity index is 318.